The summed E-state index contributed by atoms with van der Waals surface area (Å²) in [6, 6.07) is 7.30. The lowest BCUT2D eigenvalue weighted by Gasteiger charge is -2.15. The van der Waals surface area contributed by atoms with Crippen molar-refractivity contribution in [3.05, 3.63) is 34.9 Å². The van der Waals surface area contributed by atoms with E-state index in [4.69, 9.17) is 11.6 Å². The van der Waals surface area contributed by atoms with Crippen LogP contribution < -0.4 is 5.32 Å². The molecule has 0 aromatic heterocycles. The zero-order valence-electron chi connectivity index (χ0n) is 9.93. The highest BCUT2D eigenvalue weighted by Gasteiger charge is 2.27. The third-order valence-electron chi connectivity index (χ3n) is 2.33. The highest BCUT2D eigenvalue weighted by atomic mass is 35.5. The van der Waals surface area contributed by atoms with Gasteiger partial charge in [-0.05, 0) is 18.6 Å². The van der Waals surface area contributed by atoms with Crippen molar-refractivity contribution in [3.8, 4) is 0 Å². The van der Waals surface area contributed by atoms with Crippen LogP contribution in [0.3, 0.4) is 0 Å². The van der Waals surface area contributed by atoms with Crippen LogP contribution in [0.4, 0.5) is 13.2 Å². The quantitative estimate of drug-likeness (QED) is 0.805. The Hall–Kier alpha value is -0.780. The van der Waals surface area contributed by atoms with E-state index in [1.165, 1.54) is 0 Å². The number of ether oxygens (including phenoxy) is 1. The summed E-state index contributed by atoms with van der Waals surface area (Å²) in [5.41, 5.74) is 0.912. The summed E-state index contributed by atoms with van der Waals surface area (Å²) in [4.78, 5) is 0. The summed E-state index contributed by atoms with van der Waals surface area (Å²) >= 11 is 6.00. The monoisotopic (exact) mass is 281 g/mol. The van der Waals surface area contributed by atoms with Gasteiger partial charge in [0.15, 0.2) is 0 Å². The van der Waals surface area contributed by atoms with Gasteiger partial charge in [0.2, 0.25) is 0 Å². The molecule has 1 N–H and O–H groups in total. The number of alkyl halides is 3. The van der Waals surface area contributed by atoms with Crippen LogP contribution in [0.25, 0.3) is 0 Å². The smallest absolute Gasteiger partial charge is 0.371 e. The largest absolute Gasteiger partial charge is 0.411 e. The SMILES string of the molecule is C[C@H](NCCOCC(F)(F)F)c1ccccc1Cl. The van der Waals surface area contributed by atoms with Crippen LogP contribution in [-0.2, 0) is 4.74 Å². The Kier molecular flexibility index (Phi) is 5.91. The molecule has 0 aliphatic rings. The van der Waals surface area contributed by atoms with Crippen LogP contribution in [0.1, 0.15) is 18.5 Å². The summed E-state index contributed by atoms with van der Waals surface area (Å²) in [7, 11) is 0. The second-order valence-corrected chi connectivity index (χ2v) is 4.27. The number of nitrogens with one attached hydrogen (secondary N) is 1. The minimum Gasteiger partial charge on any atom is -0.371 e. The fraction of sp³-hybridized carbons (Fsp3) is 0.500. The Morgan fingerprint density at radius 1 is 1.33 bits per heavy atom. The van der Waals surface area contributed by atoms with Crippen molar-refractivity contribution in [2.24, 2.45) is 0 Å². The van der Waals surface area contributed by atoms with Gasteiger partial charge < -0.3 is 10.1 Å². The number of rotatable bonds is 6. The maximum Gasteiger partial charge on any atom is 0.411 e. The molecule has 0 saturated carbocycles. The van der Waals surface area contributed by atoms with Crippen LogP contribution in [-0.4, -0.2) is 25.9 Å². The molecule has 0 aliphatic heterocycles. The average Bonchev–Trinajstić information content (AvgIpc) is 2.27. The molecule has 0 fully saturated rings. The molecule has 1 rings (SSSR count). The van der Waals surface area contributed by atoms with Gasteiger partial charge in [0.25, 0.3) is 0 Å². The van der Waals surface area contributed by atoms with Crippen molar-refractivity contribution in [2.75, 3.05) is 19.8 Å². The van der Waals surface area contributed by atoms with Crippen molar-refractivity contribution < 1.29 is 17.9 Å². The second-order valence-electron chi connectivity index (χ2n) is 3.87. The van der Waals surface area contributed by atoms with Crippen molar-refractivity contribution >= 4 is 11.6 Å². The Balaban J connectivity index is 2.26. The molecule has 0 amide bonds. The van der Waals surface area contributed by atoms with E-state index < -0.39 is 12.8 Å². The van der Waals surface area contributed by atoms with Crippen LogP contribution in [0.2, 0.25) is 5.02 Å². The molecule has 0 radical (unpaired) electrons. The van der Waals surface area contributed by atoms with Crippen LogP contribution in [0.15, 0.2) is 24.3 Å². The maximum atomic E-state index is 11.8. The molecule has 0 heterocycles. The third kappa shape index (κ3) is 5.71. The topological polar surface area (TPSA) is 21.3 Å². The molecule has 2 nitrogen and oxygen atoms in total. The molecule has 18 heavy (non-hydrogen) atoms. The molecule has 1 atom stereocenters. The fourth-order valence-corrected chi connectivity index (χ4v) is 1.77. The van der Waals surface area contributed by atoms with Gasteiger partial charge in [-0.2, -0.15) is 13.2 Å². The van der Waals surface area contributed by atoms with Gasteiger partial charge in [-0.25, -0.2) is 0 Å². The van der Waals surface area contributed by atoms with Gasteiger partial charge in [-0.3, -0.25) is 0 Å². The third-order valence-corrected chi connectivity index (χ3v) is 2.68. The fourth-order valence-electron chi connectivity index (χ4n) is 1.47. The van der Waals surface area contributed by atoms with Crippen LogP contribution in [0, 0.1) is 0 Å². The minimum atomic E-state index is -4.27. The summed E-state index contributed by atoms with van der Waals surface area (Å²) in [6.07, 6.45) is -4.27. The Bertz CT molecular complexity index is 371. The van der Waals surface area contributed by atoms with E-state index in [9.17, 15) is 13.2 Å². The zero-order chi connectivity index (χ0) is 13.6. The molecule has 6 heteroatoms. The Labute approximate surface area is 109 Å². The van der Waals surface area contributed by atoms with Gasteiger partial charge in [0.05, 0.1) is 6.61 Å². The van der Waals surface area contributed by atoms with Crippen LogP contribution in [0.5, 0.6) is 0 Å². The molecule has 102 valence electrons. The van der Waals surface area contributed by atoms with Crippen LogP contribution >= 0.6 is 11.6 Å². The second kappa shape index (κ2) is 6.97. The van der Waals surface area contributed by atoms with E-state index >= 15 is 0 Å². The van der Waals surface area contributed by atoms with E-state index in [0.29, 0.717) is 11.6 Å². The van der Waals surface area contributed by atoms with Crippen molar-refractivity contribution in [2.45, 2.75) is 19.1 Å². The van der Waals surface area contributed by atoms with E-state index in [1.807, 2.05) is 25.1 Å². The van der Waals surface area contributed by atoms with Crippen molar-refractivity contribution in [1.29, 1.82) is 0 Å². The van der Waals surface area contributed by atoms with E-state index in [-0.39, 0.29) is 12.6 Å². The normalized spacial score (nSPS) is 13.6. The summed E-state index contributed by atoms with van der Waals surface area (Å²) in [5, 5.41) is 3.68. The molecule has 1 aromatic carbocycles. The van der Waals surface area contributed by atoms with Gasteiger partial charge >= 0.3 is 6.18 Å². The molecule has 0 saturated heterocycles. The first-order valence-electron chi connectivity index (χ1n) is 5.52. The predicted octanol–water partition coefficient (Wildman–Crippen LogP) is 3.57. The highest BCUT2D eigenvalue weighted by molar-refractivity contribution is 6.31. The Morgan fingerprint density at radius 2 is 2.00 bits per heavy atom. The minimum absolute atomic E-state index is 0.00824. The zero-order valence-corrected chi connectivity index (χ0v) is 10.7. The summed E-state index contributed by atoms with van der Waals surface area (Å²) in [6.45, 7) is 1.02. The first-order chi connectivity index (χ1) is 8.40. The molecule has 0 unspecified atom stereocenters. The van der Waals surface area contributed by atoms with Gasteiger partial charge in [0, 0.05) is 17.6 Å². The van der Waals surface area contributed by atoms with E-state index in [1.54, 1.807) is 6.07 Å². The molecule has 0 bridgehead atoms. The van der Waals surface area contributed by atoms with Gasteiger partial charge in [-0.15, -0.1) is 0 Å². The Morgan fingerprint density at radius 3 is 2.61 bits per heavy atom. The molecular weight excluding hydrogens is 267 g/mol. The van der Waals surface area contributed by atoms with Gasteiger partial charge in [0.1, 0.15) is 6.61 Å². The lowest BCUT2D eigenvalue weighted by molar-refractivity contribution is -0.173. The lowest BCUT2D eigenvalue weighted by Crippen LogP contribution is -2.26. The van der Waals surface area contributed by atoms with Crippen molar-refractivity contribution in [1.82, 2.24) is 5.32 Å². The van der Waals surface area contributed by atoms with Gasteiger partial charge in [-0.1, -0.05) is 29.8 Å². The highest BCUT2D eigenvalue weighted by Crippen LogP contribution is 2.21. The van der Waals surface area contributed by atoms with Crippen molar-refractivity contribution in [3.63, 3.8) is 0 Å². The first-order valence-corrected chi connectivity index (χ1v) is 5.90. The molecule has 1 aromatic rings. The standard InChI is InChI=1S/C12H15ClF3NO/c1-9(10-4-2-3-5-11(10)13)17-6-7-18-8-12(14,15)16/h2-5,9,17H,6-8H2,1H3/t9-/m0/s1. The number of hydrogen-bond donors (Lipinski definition) is 1. The first kappa shape index (κ1) is 15.3. The maximum absolute atomic E-state index is 11.8. The number of benzene rings is 1. The average molecular weight is 282 g/mol. The summed E-state index contributed by atoms with van der Waals surface area (Å²) in [5.74, 6) is 0. The molecule has 0 aliphatic carbocycles. The predicted molar refractivity (Wildman–Crippen MR) is 64.7 cm³/mol. The number of halogens is 4. The van der Waals surface area contributed by atoms with E-state index in [0.717, 1.165) is 5.56 Å². The van der Waals surface area contributed by atoms with E-state index in [2.05, 4.69) is 10.1 Å². The summed E-state index contributed by atoms with van der Waals surface area (Å²) < 4.78 is 39.9. The lowest BCUT2D eigenvalue weighted by atomic mass is 10.1. The number of hydrogen-bond acceptors (Lipinski definition) is 2. The molecule has 0 spiro atoms. The molecular formula is C12H15ClF3NO.